The second kappa shape index (κ2) is 6.63. The minimum atomic E-state index is -3.62. The minimum absolute atomic E-state index is 0.163. The third kappa shape index (κ3) is 3.59. The summed E-state index contributed by atoms with van der Waals surface area (Å²) in [4.78, 5) is 12.8. The molecule has 0 bridgehead atoms. The van der Waals surface area contributed by atoms with Crippen LogP contribution in [-0.4, -0.2) is 20.4 Å². The number of thiophene rings is 1. The van der Waals surface area contributed by atoms with Crippen molar-refractivity contribution in [3.8, 4) is 0 Å². The molecule has 1 aromatic carbocycles. The molecule has 0 atom stereocenters. The van der Waals surface area contributed by atoms with Crippen molar-refractivity contribution in [3.05, 3.63) is 46.3 Å². The van der Waals surface area contributed by atoms with Crippen molar-refractivity contribution < 1.29 is 13.2 Å². The van der Waals surface area contributed by atoms with Crippen LogP contribution in [0.2, 0.25) is 5.02 Å². The van der Waals surface area contributed by atoms with Crippen molar-refractivity contribution in [2.24, 2.45) is 0 Å². The van der Waals surface area contributed by atoms with E-state index in [0.717, 1.165) is 37.0 Å². The molecule has 1 aliphatic rings. The van der Waals surface area contributed by atoms with Crippen LogP contribution in [0.3, 0.4) is 0 Å². The van der Waals surface area contributed by atoms with E-state index in [9.17, 15) is 13.2 Å². The molecule has 7 heteroatoms. The zero-order valence-corrected chi connectivity index (χ0v) is 14.7. The van der Waals surface area contributed by atoms with Crippen LogP contribution >= 0.6 is 22.9 Å². The number of sulfone groups is 1. The Morgan fingerprint density at radius 3 is 2.39 bits per heavy atom. The fourth-order valence-corrected chi connectivity index (χ4v) is 5.38. The van der Waals surface area contributed by atoms with Gasteiger partial charge in [-0.3, -0.25) is 4.79 Å². The van der Waals surface area contributed by atoms with Gasteiger partial charge in [-0.1, -0.05) is 24.4 Å². The fourth-order valence-electron chi connectivity index (χ4n) is 2.64. The first-order chi connectivity index (χ1) is 11.0. The Labute approximate surface area is 144 Å². The molecule has 0 saturated heterocycles. The molecule has 0 spiro atoms. The molecule has 23 heavy (non-hydrogen) atoms. The summed E-state index contributed by atoms with van der Waals surface area (Å²) in [5.41, 5.74) is 0. The van der Waals surface area contributed by atoms with E-state index in [1.54, 1.807) is 6.07 Å². The van der Waals surface area contributed by atoms with Crippen molar-refractivity contribution in [1.29, 1.82) is 0 Å². The number of carbonyl (C=O) groups is 1. The molecule has 1 fully saturated rings. The van der Waals surface area contributed by atoms with Crippen molar-refractivity contribution in [2.45, 2.75) is 40.8 Å². The van der Waals surface area contributed by atoms with Crippen LogP contribution in [0.15, 0.2) is 45.5 Å². The lowest BCUT2D eigenvalue weighted by Gasteiger charge is -2.10. The van der Waals surface area contributed by atoms with Gasteiger partial charge in [-0.15, -0.1) is 11.3 Å². The van der Waals surface area contributed by atoms with Gasteiger partial charge in [0.05, 0.1) is 9.77 Å². The van der Waals surface area contributed by atoms with Gasteiger partial charge in [-0.25, -0.2) is 8.42 Å². The van der Waals surface area contributed by atoms with Gasteiger partial charge in [-0.05, 0) is 49.2 Å². The normalized spacial score (nSPS) is 15.7. The summed E-state index contributed by atoms with van der Waals surface area (Å²) in [5, 5.41) is 3.44. The zero-order chi connectivity index (χ0) is 16.4. The summed E-state index contributed by atoms with van der Waals surface area (Å²) in [5.74, 6) is -0.195. The standard InChI is InChI=1S/C16H16ClNO3S2/c17-11-5-7-13(8-6-11)23(20,21)15-10-9-14(22-15)16(19)18-12-3-1-2-4-12/h5-10,12H,1-4H2,(H,18,19). The molecular weight excluding hydrogens is 354 g/mol. The molecule has 2 aromatic rings. The van der Waals surface area contributed by atoms with Crippen LogP contribution in [0.1, 0.15) is 35.4 Å². The van der Waals surface area contributed by atoms with Crippen LogP contribution in [0.4, 0.5) is 0 Å². The molecule has 1 heterocycles. The molecule has 0 unspecified atom stereocenters. The van der Waals surface area contributed by atoms with Gasteiger partial charge in [0.15, 0.2) is 0 Å². The summed E-state index contributed by atoms with van der Waals surface area (Å²) in [6, 6.07) is 9.27. The van der Waals surface area contributed by atoms with Crippen molar-refractivity contribution in [3.63, 3.8) is 0 Å². The number of amides is 1. The maximum absolute atomic E-state index is 12.6. The topological polar surface area (TPSA) is 63.2 Å². The highest BCUT2D eigenvalue weighted by Crippen LogP contribution is 2.29. The Hall–Kier alpha value is -1.37. The first-order valence-corrected chi connectivity index (χ1v) is 10.1. The number of halogens is 1. The lowest BCUT2D eigenvalue weighted by molar-refractivity contribution is 0.0942. The van der Waals surface area contributed by atoms with E-state index in [1.807, 2.05) is 0 Å². The molecule has 3 rings (SSSR count). The Morgan fingerprint density at radius 2 is 1.74 bits per heavy atom. The second-order valence-corrected chi connectivity index (χ2v) is 9.23. The Morgan fingerprint density at radius 1 is 1.09 bits per heavy atom. The Bertz CT molecular complexity index is 806. The third-order valence-electron chi connectivity index (χ3n) is 3.88. The monoisotopic (exact) mass is 369 g/mol. The highest BCUT2D eigenvalue weighted by atomic mass is 35.5. The molecule has 1 aliphatic carbocycles. The molecule has 1 saturated carbocycles. The van der Waals surface area contributed by atoms with Crippen LogP contribution in [0.25, 0.3) is 0 Å². The smallest absolute Gasteiger partial charge is 0.261 e. The lowest BCUT2D eigenvalue weighted by Crippen LogP contribution is -2.31. The van der Waals surface area contributed by atoms with Gasteiger partial charge < -0.3 is 5.32 Å². The highest BCUT2D eigenvalue weighted by Gasteiger charge is 2.23. The first kappa shape index (κ1) is 16.5. The zero-order valence-electron chi connectivity index (χ0n) is 12.3. The predicted octanol–water partition coefficient (Wildman–Crippen LogP) is 3.91. The van der Waals surface area contributed by atoms with E-state index in [2.05, 4.69) is 5.32 Å². The maximum atomic E-state index is 12.6. The Balaban J connectivity index is 1.80. The number of benzene rings is 1. The largest absolute Gasteiger partial charge is 0.349 e. The average molecular weight is 370 g/mol. The lowest BCUT2D eigenvalue weighted by atomic mass is 10.2. The van der Waals surface area contributed by atoms with Gasteiger partial charge in [0, 0.05) is 11.1 Å². The van der Waals surface area contributed by atoms with E-state index in [-0.39, 0.29) is 21.1 Å². The molecular formula is C16H16ClNO3S2. The fraction of sp³-hybridized carbons (Fsp3) is 0.312. The van der Waals surface area contributed by atoms with E-state index in [0.29, 0.717) is 9.90 Å². The predicted molar refractivity (Wildman–Crippen MR) is 90.9 cm³/mol. The number of carbonyl (C=O) groups excluding carboxylic acids is 1. The van der Waals surface area contributed by atoms with Crippen LogP contribution in [0, 0.1) is 0 Å². The van der Waals surface area contributed by atoms with Crippen LogP contribution in [0.5, 0.6) is 0 Å². The van der Waals surface area contributed by atoms with E-state index in [4.69, 9.17) is 11.6 Å². The number of hydrogen-bond donors (Lipinski definition) is 1. The summed E-state index contributed by atoms with van der Waals surface area (Å²) in [6.45, 7) is 0. The van der Waals surface area contributed by atoms with E-state index >= 15 is 0 Å². The third-order valence-corrected chi connectivity index (χ3v) is 7.48. The first-order valence-electron chi connectivity index (χ1n) is 7.38. The van der Waals surface area contributed by atoms with Crippen molar-refractivity contribution in [1.82, 2.24) is 5.32 Å². The summed E-state index contributed by atoms with van der Waals surface area (Å²) >= 11 is 6.79. The molecule has 1 amide bonds. The maximum Gasteiger partial charge on any atom is 0.261 e. The molecule has 122 valence electrons. The van der Waals surface area contributed by atoms with E-state index in [1.165, 1.54) is 30.3 Å². The minimum Gasteiger partial charge on any atom is -0.349 e. The molecule has 1 N–H and O–H groups in total. The average Bonchev–Trinajstić information content (AvgIpc) is 3.19. The van der Waals surface area contributed by atoms with Gasteiger partial charge in [0.1, 0.15) is 4.21 Å². The quantitative estimate of drug-likeness (QED) is 0.888. The number of rotatable bonds is 4. The second-order valence-electron chi connectivity index (χ2n) is 5.53. The summed E-state index contributed by atoms with van der Waals surface area (Å²) in [7, 11) is -3.62. The molecule has 0 radical (unpaired) electrons. The molecule has 4 nitrogen and oxygen atoms in total. The summed E-state index contributed by atoms with van der Waals surface area (Å²) < 4.78 is 25.3. The molecule has 0 aliphatic heterocycles. The summed E-state index contributed by atoms with van der Waals surface area (Å²) in [6.07, 6.45) is 4.25. The number of hydrogen-bond acceptors (Lipinski definition) is 4. The van der Waals surface area contributed by atoms with Crippen LogP contribution < -0.4 is 5.32 Å². The molecule has 1 aromatic heterocycles. The van der Waals surface area contributed by atoms with Crippen molar-refractivity contribution >= 4 is 38.7 Å². The van der Waals surface area contributed by atoms with Crippen molar-refractivity contribution in [2.75, 3.05) is 0 Å². The SMILES string of the molecule is O=C(NC1CCCC1)c1ccc(S(=O)(=O)c2ccc(Cl)cc2)s1. The van der Waals surface area contributed by atoms with Gasteiger partial charge >= 0.3 is 0 Å². The van der Waals surface area contributed by atoms with Gasteiger partial charge in [0.25, 0.3) is 5.91 Å². The highest BCUT2D eigenvalue weighted by molar-refractivity contribution is 7.93. The van der Waals surface area contributed by atoms with Crippen LogP contribution in [-0.2, 0) is 9.84 Å². The van der Waals surface area contributed by atoms with Gasteiger partial charge in [-0.2, -0.15) is 0 Å². The number of nitrogens with one attached hydrogen (secondary N) is 1. The van der Waals surface area contributed by atoms with E-state index < -0.39 is 9.84 Å². The Kier molecular flexibility index (Phi) is 4.75. The van der Waals surface area contributed by atoms with Gasteiger partial charge in [0.2, 0.25) is 9.84 Å².